The van der Waals surface area contributed by atoms with Crippen LogP contribution in [0.15, 0.2) is 72.3 Å². The normalized spacial score (nSPS) is 17.2. The van der Waals surface area contributed by atoms with Crippen molar-refractivity contribution in [3.8, 4) is 11.5 Å². The van der Waals surface area contributed by atoms with Crippen molar-refractivity contribution in [1.82, 2.24) is 4.98 Å². The van der Waals surface area contributed by atoms with Crippen molar-refractivity contribution >= 4 is 44.1 Å². The van der Waals surface area contributed by atoms with Crippen molar-refractivity contribution in [2.45, 2.75) is 6.04 Å². The third-order valence-electron chi connectivity index (χ3n) is 5.76. The first-order valence-corrected chi connectivity index (χ1v) is 11.4. The Labute approximate surface area is 203 Å². The third kappa shape index (κ3) is 3.70. The van der Waals surface area contributed by atoms with E-state index in [0.717, 1.165) is 11.3 Å². The Morgan fingerprint density at radius 2 is 1.80 bits per heavy atom. The number of carbonyl (C=O) groups excluding carboxylic acids is 2. The van der Waals surface area contributed by atoms with Gasteiger partial charge in [0.05, 0.1) is 30.0 Å². The number of halogens is 1. The Morgan fingerprint density at radius 3 is 2.51 bits per heavy atom. The van der Waals surface area contributed by atoms with E-state index in [1.54, 1.807) is 48.5 Å². The fourth-order valence-electron chi connectivity index (χ4n) is 4.19. The molecule has 1 aliphatic heterocycles. The molecule has 0 aliphatic carbocycles. The SMILES string of the molecule is COc1cccc([C@H]2C(=C(O)c3ccccc3)C(=O)C(=O)N2c2nc3ccc(F)cc3s2)c1OC. The molecular weight excluding hydrogens is 471 g/mol. The molecule has 1 aromatic heterocycles. The molecule has 1 fully saturated rings. The highest BCUT2D eigenvalue weighted by atomic mass is 32.1. The number of carbonyl (C=O) groups is 2. The fraction of sp³-hybridized carbons (Fsp3) is 0.115. The Bertz CT molecular complexity index is 1500. The molecule has 1 amide bonds. The number of nitrogens with zero attached hydrogens (tertiary/aromatic N) is 2. The number of hydrogen-bond acceptors (Lipinski definition) is 7. The van der Waals surface area contributed by atoms with Gasteiger partial charge in [0.15, 0.2) is 16.6 Å². The van der Waals surface area contributed by atoms with Crippen molar-refractivity contribution < 1.29 is 28.6 Å². The first-order chi connectivity index (χ1) is 16.9. The lowest BCUT2D eigenvalue weighted by Gasteiger charge is -2.25. The van der Waals surface area contributed by atoms with Crippen LogP contribution in [0.3, 0.4) is 0 Å². The van der Waals surface area contributed by atoms with E-state index in [9.17, 15) is 19.1 Å². The number of para-hydroxylation sites is 1. The van der Waals surface area contributed by atoms with Crippen molar-refractivity contribution in [2.75, 3.05) is 19.1 Å². The van der Waals surface area contributed by atoms with Crippen LogP contribution in [0.2, 0.25) is 0 Å². The molecule has 0 bridgehead atoms. The second kappa shape index (κ2) is 8.84. The lowest BCUT2D eigenvalue weighted by molar-refractivity contribution is -0.132. The minimum absolute atomic E-state index is 0.113. The number of ether oxygens (including phenoxy) is 2. The molecule has 0 unspecified atom stereocenters. The molecule has 7 nitrogen and oxygen atoms in total. The van der Waals surface area contributed by atoms with Gasteiger partial charge in [0.1, 0.15) is 17.6 Å². The molecule has 5 rings (SSSR count). The van der Waals surface area contributed by atoms with E-state index < -0.39 is 23.5 Å². The molecule has 3 aromatic carbocycles. The van der Waals surface area contributed by atoms with Crippen LogP contribution in [0.4, 0.5) is 9.52 Å². The number of aliphatic hydroxyl groups is 1. The fourth-order valence-corrected chi connectivity index (χ4v) is 5.21. The number of fused-ring (bicyclic) bond motifs is 1. The predicted octanol–water partition coefficient (Wildman–Crippen LogP) is 5.08. The molecule has 1 saturated heterocycles. The molecule has 176 valence electrons. The molecule has 1 N–H and O–H groups in total. The topological polar surface area (TPSA) is 89.0 Å². The summed E-state index contributed by atoms with van der Waals surface area (Å²) in [4.78, 5) is 32.4. The largest absolute Gasteiger partial charge is 0.507 e. The summed E-state index contributed by atoms with van der Waals surface area (Å²) in [5.74, 6) is -1.80. The smallest absolute Gasteiger partial charge is 0.301 e. The maximum absolute atomic E-state index is 13.8. The molecule has 0 saturated carbocycles. The zero-order valence-corrected chi connectivity index (χ0v) is 19.5. The van der Waals surface area contributed by atoms with Crippen LogP contribution in [0.1, 0.15) is 17.2 Å². The van der Waals surface area contributed by atoms with Gasteiger partial charge < -0.3 is 14.6 Å². The van der Waals surface area contributed by atoms with Crippen LogP contribution in [-0.2, 0) is 9.59 Å². The summed E-state index contributed by atoms with van der Waals surface area (Å²) in [6.07, 6.45) is 0. The van der Waals surface area contributed by atoms with Gasteiger partial charge in [-0.3, -0.25) is 14.5 Å². The van der Waals surface area contributed by atoms with Gasteiger partial charge in [-0.1, -0.05) is 53.8 Å². The molecular formula is C26H19FN2O5S. The number of benzene rings is 3. The number of amides is 1. The van der Waals surface area contributed by atoms with Gasteiger partial charge in [-0.2, -0.15) is 0 Å². The quantitative estimate of drug-likeness (QED) is 0.239. The minimum atomic E-state index is -1.06. The van der Waals surface area contributed by atoms with Crippen molar-refractivity contribution in [3.05, 3.63) is 89.2 Å². The predicted molar refractivity (Wildman–Crippen MR) is 130 cm³/mol. The Kier molecular flexibility index (Phi) is 5.70. The number of hydrogen-bond donors (Lipinski definition) is 1. The summed E-state index contributed by atoms with van der Waals surface area (Å²) >= 11 is 1.07. The lowest BCUT2D eigenvalue weighted by Crippen LogP contribution is -2.29. The van der Waals surface area contributed by atoms with Crippen molar-refractivity contribution in [1.29, 1.82) is 0 Å². The number of Topliss-reactive ketones (excluding diaryl/α,β-unsaturated/α-hetero) is 1. The maximum atomic E-state index is 13.8. The molecule has 2 heterocycles. The van der Waals surface area contributed by atoms with Gasteiger partial charge >= 0.3 is 5.91 Å². The van der Waals surface area contributed by atoms with E-state index in [-0.39, 0.29) is 16.5 Å². The second-order valence-electron chi connectivity index (χ2n) is 7.73. The summed E-state index contributed by atoms with van der Waals surface area (Å²) in [7, 11) is 2.93. The number of methoxy groups -OCH3 is 2. The highest BCUT2D eigenvalue weighted by molar-refractivity contribution is 7.22. The summed E-state index contributed by atoms with van der Waals surface area (Å²) < 4.78 is 25.4. The molecule has 1 aliphatic rings. The van der Waals surface area contributed by atoms with Gasteiger partial charge in [-0.05, 0) is 24.3 Å². The molecule has 0 spiro atoms. The summed E-state index contributed by atoms with van der Waals surface area (Å²) in [5.41, 5.74) is 1.17. The highest BCUT2D eigenvalue weighted by Gasteiger charge is 2.49. The van der Waals surface area contributed by atoms with Gasteiger partial charge in [0.25, 0.3) is 5.78 Å². The van der Waals surface area contributed by atoms with Crippen LogP contribution < -0.4 is 14.4 Å². The van der Waals surface area contributed by atoms with E-state index in [2.05, 4.69) is 4.98 Å². The summed E-state index contributed by atoms with van der Waals surface area (Å²) in [6.45, 7) is 0. The number of anilines is 1. The average molecular weight is 491 g/mol. The number of aliphatic hydroxyl groups excluding tert-OH is 1. The second-order valence-corrected chi connectivity index (χ2v) is 8.74. The molecule has 1 atom stereocenters. The minimum Gasteiger partial charge on any atom is -0.507 e. The number of thiazole rings is 1. The Balaban J connectivity index is 1.79. The van der Waals surface area contributed by atoms with Gasteiger partial charge in [-0.15, -0.1) is 0 Å². The average Bonchev–Trinajstić information content (AvgIpc) is 3.41. The van der Waals surface area contributed by atoms with E-state index in [1.165, 1.54) is 37.3 Å². The third-order valence-corrected chi connectivity index (χ3v) is 6.78. The van der Waals surface area contributed by atoms with Crippen LogP contribution >= 0.6 is 11.3 Å². The van der Waals surface area contributed by atoms with Gasteiger partial charge in [-0.25, -0.2) is 9.37 Å². The van der Waals surface area contributed by atoms with Crippen molar-refractivity contribution in [2.24, 2.45) is 0 Å². The van der Waals surface area contributed by atoms with E-state index in [0.29, 0.717) is 32.8 Å². The highest BCUT2D eigenvalue weighted by Crippen LogP contribution is 2.48. The first-order valence-electron chi connectivity index (χ1n) is 10.6. The zero-order valence-electron chi connectivity index (χ0n) is 18.7. The van der Waals surface area contributed by atoms with E-state index in [4.69, 9.17) is 9.47 Å². The number of rotatable bonds is 5. The van der Waals surface area contributed by atoms with Crippen LogP contribution in [0, 0.1) is 5.82 Å². The van der Waals surface area contributed by atoms with Crippen molar-refractivity contribution in [3.63, 3.8) is 0 Å². The van der Waals surface area contributed by atoms with E-state index in [1.807, 2.05) is 0 Å². The maximum Gasteiger partial charge on any atom is 0.301 e. The van der Waals surface area contributed by atoms with Gasteiger partial charge in [0, 0.05) is 11.1 Å². The monoisotopic (exact) mass is 490 g/mol. The molecule has 0 radical (unpaired) electrons. The zero-order chi connectivity index (χ0) is 24.7. The first kappa shape index (κ1) is 22.5. The number of ketones is 1. The van der Waals surface area contributed by atoms with Crippen LogP contribution in [0.25, 0.3) is 16.0 Å². The summed E-state index contributed by atoms with van der Waals surface area (Å²) in [5, 5.41) is 11.4. The number of aromatic nitrogens is 1. The van der Waals surface area contributed by atoms with Crippen LogP contribution in [-0.4, -0.2) is 36.0 Å². The lowest BCUT2D eigenvalue weighted by atomic mass is 9.94. The molecule has 35 heavy (non-hydrogen) atoms. The van der Waals surface area contributed by atoms with Gasteiger partial charge in [0.2, 0.25) is 0 Å². The molecule has 4 aromatic rings. The van der Waals surface area contributed by atoms with E-state index >= 15 is 0 Å². The molecule has 9 heteroatoms. The summed E-state index contributed by atoms with van der Waals surface area (Å²) in [6, 6.07) is 16.6. The van der Waals surface area contributed by atoms with Crippen LogP contribution in [0.5, 0.6) is 11.5 Å². The Hall–Kier alpha value is -4.24. The Morgan fingerprint density at radius 1 is 1.03 bits per heavy atom. The standard InChI is InChI=1S/C26H19FN2O5S/c1-33-18-10-6-9-16(24(18)34-2)21-20(22(30)14-7-4-3-5-8-14)23(31)25(32)29(21)26-28-17-12-11-15(27)13-19(17)35-26/h3-13,21,30H,1-2H3/t21-/m0/s1.